The summed E-state index contributed by atoms with van der Waals surface area (Å²) in [6.07, 6.45) is -0.467. The van der Waals surface area contributed by atoms with E-state index in [4.69, 9.17) is 14.7 Å². The molecule has 0 spiro atoms. The van der Waals surface area contributed by atoms with Gasteiger partial charge in [0.1, 0.15) is 29.8 Å². The van der Waals surface area contributed by atoms with E-state index in [2.05, 4.69) is 0 Å². The molecule has 0 aliphatic rings. The van der Waals surface area contributed by atoms with Crippen molar-refractivity contribution in [3.05, 3.63) is 29.6 Å². The number of hydrogen-bond acceptors (Lipinski definition) is 4. The van der Waals surface area contributed by atoms with Crippen LogP contribution in [0.2, 0.25) is 0 Å². The molecule has 0 unspecified atom stereocenters. The maximum Gasteiger partial charge on any atom is 0.410 e. The lowest BCUT2D eigenvalue weighted by atomic mass is 10.2. The van der Waals surface area contributed by atoms with Crippen molar-refractivity contribution in [1.82, 2.24) is 4.90 Å². The van der Waals surface area contributed by atoms with Gasteiger partial charge in [0.15, 0.2) is 0 Å². The summed E-state index contributed by atoms with van der Waals surface area (Å²) in [6.45, 7) is 5.73. The summed E-state index contributed by atoms with van der Waals surface area (Å²) < 4.78 is 23.6. The summed E-state index contributed by atoms with van der Waals surface area (Å²) in [7, 11) is 1.58. The lowest BCUT2D eigenvalue weighted by molar-refractivity contribution is 0.0278. The Hall–Kier alpha value is -2.29. The third kappa shape index (κ3) is 5.69. The summed E-state index contributed by atoms with van der Waals surface area (Å²) in [5.74, 6) is -0.320. The molecule has 5 nitrogen and oxygen atoms in total. The molecule has 0 aliphatic heterocycles. The van der Waals surface area contributed by atoms with Crippen molar-refractivity contribution in [2.45, 2.75) is 26.4 Å². The lowest BCUT2D eigenvalue weighted by Crippen LogP contribution is -2.36. The molecule has 1 aromatic carbocycles. The quantitative estimate of drug-likeness (QED) is 0.856. The molecular formula is C15H19FN2O3. The number of hydrogen-bond donors (Lipinski definition) is 0. The van der Waals surface area contributed by atoms with E-state index in [1.807, 2.05) is 6.07 Å². The first kappa shape index (κ1) is 16.8. The van der Waals surface area contributed by atoms with E-state index in [-0.39, 0.29) is 24.5 Å². The molecule has 0 aliphatic carbocycles. The molecule has 0 heterocycles. The van der Waals surface area contributed by atoms with Crippen molar-refractivity contribution >= 4 is 6.09 Å². The molecule has 1 rings (SSSR count). The average molecular weight is 294 g/mol. The molecule has 21 heavy (non-hydrogen) atoms. The molecule has 0 atom stereocenters. The molecule has 0 saturated heterocycles. The zero-order chi connectivity index (χ0) is 16.0. The fraction of sp³-hybridized carbons (Fsp3) is 0.467. The van der Waals surface area contributed by atoms with E-state index < -0.39 is 17.5 Å². The first-order valence-corrected chi connectivity index (χ1v) is 6.49. The summed E-state index contributed by atoms with van der Waals surface area (Å²) in [5.41, 5.74) is -0.320. The number of amides is 1. The van der Waals surface area contributed by atoms with E-state index in [1.54, 1.807) is 27.8 Å². The van der Waals surface area contributed by atoms with Crippen molar-refractivity contribution in [2.24, 2.45) is 0 Å². The number of nitriles is 1. The molecule has 1 amide bonds. The number of carbonyl (C=O) groups is 1. The van der Waals surface area contributed by atoms with Gasteiger partial charge in [-0.05, 0) is 32.9 Å². The van der Waals surface area contributed by atoms with E-state index in [9.17, 15) is 9.18 Å². The number of rotatable bonds is 4. The molecule has 114 valence electrons. The van der Waals surface area contributed by atoms with Crippen molar-refractivity contribution in [1.29, 1.82) is 5.26 Å². The van der Waals surface area contributed by atoms with Gasteiger partial charge in [-0.3, -0.25) is 0 Å². The van der Waals surface area contributed by atoms with Gasteiger partial charge in [-0.1, -0.05) is 0 Å². The molecule has 0 radical (unpaired) electrons. The summed E-state index contributed by atoms with van der Waals surface area (Å²) in [5, 5.41) is 8.90. The Labute approximate surface area is 123 Å². The standard InChI is InChI=1S/C15H19FN2O3/c1-15(2,3)21-14(19)18(4)7-8-20-13-9-12(16)6-5-11(13)10-17/h5-6,9H,7-8H2,1-4H3. The molecule has 0 bridgehead atoms. The van der Waals surface area contributed by atoms with Crippen LogP contribution in [0.1, 0.15) is 26.3 Å². The van der Waals surface area contributed by atoms with Crippen LogP contribution < -0.4 is 4.74 Å². The Balaban J connectivity index is 2.52. The van der Waals surface area contributed by atoms with Crippen LogP contribution in [0, 0.1) is 17.1 Å². The van der Waals surface area contributed by atoms with E-state index >= 15 is 0 Å². The number of benzene rings is 1. The number of nitrogens with zero attached hydrogens (tertiary/aromatic N) is 2. The Kier molecular flexibility index (Phi) is 5.53. The monoisotopic (exact) mass is 294 g/mol. The second-order valence-electron chi connectivity index (χ2n) is 5.50. The molecule has 0 fully saturated rings. The maximum atomic E-state index is 13.1. The van der Waals surface area contributed by atoms with Gasteiger partial charge in [0, 0.05) is 13.1 Å². The number of halogens is 1. The Morgan fingerprint density at radius 1 is 1.43 bits per heavy atom. The van der Waals surface area contributed by atoms with Gasteiger partial charge in [0.05, 0.1) is 12.1 Å². The predicted molar refractivity (Wildman–Crippen MR) is 75.5 cm³/mol. The minimum atomic E-state index is -0.567. The molecule has 0 N–H and O–H groups in total. The van der Waals surface area contributed by atoms with Crippen LogP contribution in [0.15, 0.2) is 18.2 Å². The SMILES string of the molecule is CN(CCOc1cc(F)ccc1C#N)C(=O)OC(C)(C)C. The zero-order valence-corrected chi connectivity index (χ0v) is 12.6. The van der Waals surface area contributed by atoms with Crippen LogP contribution in [0.3, 0.4) is 0 Å². The number of ether oxygens (including phenoxy) is 2. The summed E-state index contributed by atoms with van der Waals surface area (Å²) in [4.78, 5) is 13.1. The normalized spacial score (nSPS) is 10.7. The minimum Gasteiger partial charge on any atom is -0.490 e. The lowest BCUT2D eigenvalue weighted by Gasteiger charge is -2.24. The highest BCUT2D eigenvalue weighted by molar-refractivity contribution is 5.67. The van der Waals surface area contributed by atoms with Crippen LogP contribution >= 0.6 is 0 Å². The van der Waals surface area contributed by atoms with Gasteiger partial charge in [-0.2, -0.15) is 5.26 Å². The van der Waals surface area contributed by atoms with Gasteiger partial charge < -0.3 is 14.4 Å². The highest BCUT2D eigenvalue weighted by Gasteiger charge is 2.19. The van der Waals surface area contributed by atoms with Crippen LogP contribution in [0.4, 0.5) is 9.18 Å². The summed E-state index contributed by atoms with van der Waals surface area (Å²) in [6, 6.07) is 5.60. The summed E-state index contributed by atoms with van der Waals surface area (Å²) >= 11 is 0. The van der Waals surface area contributed by atoms with Gasteiger partial charge >= 0.3 is 6.09 Å². The van der Waals surface area contributed by atoms with Crippen LogP contribution in [0.5, 0.6) is 5.75 Å². The average Bonchev–Trinajstić information content (AvgIpc) is 2.36. The first-order valence-electron chi connectivity index (χ1n) is 6.49. The van der Waals surface area contributed by atoms with Crippen molar-refractivity contribution < 1.29 is 18.7 Å². The molecule has 0 aromatic heterocycles. The fourth-order valence-corrected chi connectivity index (χ4v) is 1.43. The Bertz CT molecular complexity index is 547. The van der Waals surface area contributed by atoms with Crippen LogP contribution in [0.25, 0.3) is 0 Å². The largest absolute Gasteiger partial charge is 0.490 e. The van der Waals surface area contributed by atoms with Gasteiger partial charge in [0.25, 0.3) is 0 Å². The molecule has 1 aromatic rings. The Morgan fingerprint density at radius 3 is 2.67 bits per heavy atom. The smallest absolute Gasteiger partial charge is 0.410 e. The second kappa shape index (κ2) is 6.93. The number of likely N-dealkylation sites (N-methyl/N-ethyl adjacent to an activating group) is 1. The van der Waals surface area contributed by atoms with Crippen molar-refractivity contribution in [2.75, 3.05) is 20.2 Å². The van der Waals surface area contributed by atoms with Crippen molar-refractivity contribution in [3.8, 4) is 11.8 Å². The zero-order valence-electron chi connectivity index (χ0n) is 12.6. The highest BCUT2D eigenvalue weighted by Crippen LogP contribution is 2.19. The third-order valence-corrected chi connectivity index (χ3v) is 2.45. The highest BCUT2D eigenvalue weighted by atomic mass is 19.1. The predicted octanol–water partition coefficient (Wildman–Crippen LogP) is 2.94. The molecule has 0 saturated carbocycles. The minimum absolute atomic E-state index is 0.133. The number of carbonyl (C=O) groups excluding carboxylic acids is 1. The van der Waals surface area contributed by atoms with E-state index in [1.165, 1.54) is 17.0 Å². The van der Waals surface area contributed by atoms with Crippen molar-refractivity contribution in [3.63, 3.8) is 0 Å². The van der Waals surface area contributed by atoms with E-state index in [0.29, 0.717) is 0 Å². The molecule has 6 heteroatoms. The first-order chi connectivity index (χ1) is 9.73. The fourth-order valence-electron chi connectivity index (χ4n) is 1.43. The van der Waals surface area contributed by atoms with Gasteiger partial charge in [0.2, 0.25) is 0 Å². The topological polar surface area (TPSA) is 62.6 Å². The van der Waals surface area contributed by atoms with Crippen LogP contribution in [-0.2, 0) is 4.74 Å². The second-order valence-corrected chi connectivity index (χ2v) is 5.50. The third-order valence-electron chi connectivity index (χ3n) is 2.45. The van der Waals surface area contributed by atoms with E-state index in [0.717, 1.165) is 6.07 Å². The maximum absolute atomic E-state index is 13.1. The van der Waals surface area contributed by atoms with Crippen LogP contribution in [-0.4, -0.2) is 36.8 Å². The molecular weight excluding hydrogens is 275 g/mol. The van der Waals surface area contributed by atoms with Gasteiger partial charge in [-0.25, -0.2) is 9.18 Å². The Morgan fingerprint density at radius 2 is 2.10 bits per heavy atom. The van der Waals surface area contributed by atoms with Gasteiger partial charge in [-0.15, -0.1) is 0 Å².